The summed E-state index contributed by atoms with van der Waals surface area (Å²) in [6, 6.07) is 17.4. The van der Waals surface area contributed by atoms with Gasteiger partial charge in [-0.05, 0) is 81.0 Å². The normalized spacial score (nSPS) is 21.1. The lowest BCUT2D eigenvalue weighted by Crippen LogP contribution is -2.61. The van der Waals surface area contributed by atoms with Gasteiger partial charge < -0.3 is 20.7 Å². The van der Waals surface area contributed by atoms with Crippen molar-refractivity contribution >= 4 is 39.1 Å². The Kier molecular flexibility index (Phi) is 10.7. The Morgan fingerprint density at radius 2 is 1.76 bits per heavy atom. The highest BCUT2D eigenvalue weighted by molar-refractivity contribution is 7.20. The molecule has 8 nitrogen and oxygen atoms in total. The van der Waals surface area contributed by atoms with Crippen LogP contribution in [0.15, 0.2) is 54.6 Å². The summed E-state index contributed by atoms with van der Waals surface area (Å²) in [5, 5.41) is 10.5. The van der Waals surface area contributed by atoms with Crippen LogP contribution in [-0.4, -0.2) is 73.1 Å². The quantitative estimate of drug-likeness (QED) is 0.261. The number of carbonyl (C=O) groups excluding carboxylic acids is 3. The molecule has 46 heavy (non-hydrogen) atoms. The van der Waals surface area contributed by atoms with E-state index in [1.165, 1.54) is 17.8 Å². The molecule has 0 spiro atoms. The highest BCUT2D eigenvalue weighted by Crippen LogP contribution is 2.32. The van der Waals surface area contributed by atoms with E-state index in [0.29, 0.717) is 42.6 Å². The number of benzene rings is 2. The van der Waals surface area contributed by atoms with Crippen LogP contribution in [0.1, 0.15) is 78.6 Å². The first-order valence-corrected chi connectivity index (χ1v) is 18.0. The smallest absolute Gasteiger partial charge is 0.262 e. The molecule has 0 bridgehead atoms. The maximum absolute atomic E-state index is 14.1. The monoisotopic (exact) mass is 644 g/mol. The Morgan fingerprint density at radius 3 is 2.54 bits per heavy atom. The topological polar surface area (TPSA) is 99.8 Å². The minimum Gasteiger partial charge on any atom is -0.381 e. The van der Waals surface area contributed by atoms with Gasteiger partial charge in [0.2, 0.25) is 11.8 Å². The third-order valence-corrected chi connectivity index (χ3v) is 11.3. The van der Waals surface area contributed by atoms with Crippen molar-refractivity contribution in [2.45, 2.75) is 88.8 Å². The standard InChI is InChI=1S/C37H48N4O4S/c1-26-12-13-32-29(21-26)23-33(46-32)35(43)40-37(16-6-7-17-37)36(44)39-31(22-27-9-3-2-4-10-27)34(42)38-24-30-11-5-8-18-41(30)25-28-14-19-45-20-15-28/h2-4,9-10,12-13,21,23,28,30-31H,5-8,11,14-20,22,24-25H2,1H3,(H,38,42)(H,39,44)(H,40,43)/t30?,31-/m1/s1. The second-order valence-electron chi connectivity index (χ2n) is 13.6. The van der Waals surface area contributed by atoms with Crippen LogP contribution in [0.5, 0.6) is 0 Å². The average molecular weight is 645 g/mol. The zero-order valence-electron chi connectivity index (χ0n) is 27.0. The van der Waals surface area contributed by atoms with Crippen LogP contribution in [0.3, 0.4) is 0 Å². The van der Waals surface area contributed by atoms with Crippen molar-refractivity contribution in [2.75, 3.05) is 32.8 Å². The van der Waals surface area contributed by atoms with E-state index in [2.05, 4.69) is 26.9 Å². The molecule has 1 aromatic heterocycles. The molecule has 3 aromatic rings. The van der Waals surface area contributed by atoms with Crippen molar-refractivity contribution in [3.05, 3.63) is 70.6 Å². The minimum atomic E-state index is -1.04. The van der Waals surface area contributed by atoms with Gasteiger partial charge >= 0.3 is 0 Å². The fraction of sp³-hybridized carbons (Fsp3) is 0.541. The predicted octanol–water partition coefficient (Wildman–Crippen LogP) is 5.38. The molecule has 1 saturated carbocycles. The first-order valence-electron chi connectivity index (χ1n) is 17.2. The van der Waals surface area contributed by atoms with Crippen molar-refractivity contribution < 1.29 is 19.1 Å². The third-order valence-electron chi connectivity index (χ3n) is 10.1. The van der Waals surface area contributed by atoms with E-state index in [9.17, 15) is 14.4 Å². The number of hydrogen-bond donors (Lipinski definition) is 3. The number of fused-ring (bicyclic) bond motifs is 1. The summed E-state index contributed by atoms with van der Waals surface area (Å²) in [5.74, 6) is -0.0371. The van der Waals surface area contributed by atoms with E-state index >= 15 is 0 Å². The molecule has 1 aliphatic carbocycles. The second-order valence-corrected chi connectivity index (χ2v) is 14.6. The van der Waals surface area contributed by atoms with Crippen molar-refractivity contribution in [1.29, 1.82) is 0 Å². The van der Waals surface area contributed by atoms with Crippen LogP contribution in [0.2, 0.25) is 0 Å². The second kappa shape index (κ2) is 15.1. The zero-order chi connectivity index (χ0) is 31.9. The van der Waals surface area contributed by atoms with Crippen LogP contribution in [-0.2, 0) is 20.7 Å². The van der Waals surface area contributed by atoms with Gasteiger partial charge in [0.25, 0.3) is 5.91 Å². The average Bonchev–Trinajstić information content (AvgIpc) is 3.73. The largest absolute Gasteiger partial charge is 0.381 e. The number of carbonyl (C=O) groups is 3. The van der Waals surface area contributed by atoms with Gasteiger partial charge in [-0.1, -0.05) is 67.3 Å². The van der Waals surface area contributed by atoms with E-state index in [0.717, 1.165) is 86.0 Å². The molecule has 6 rings (SSSR count). The highest BCUT2D eigenvalue weighted by Gasteiger charge is 2.44. The van der Waals surface area contributed by atoms with Crippen molar-refractivity contribution in [3.63, 3.8) is 0 Å². The molecule has 3 N–H and O–H groups in total. The maximum Gasteiger partial charge on any atom is 0.262 e. The number of ether oxygens (including phenoxy) is 1. The molecule has 2 aliphatic heterocycles. The molecule has 3 amide bonds. The van der Waals surface area contributed by atoms with Crippen LogP contribution < -0.4 is 16.0 Å². The van der Waals surface area contributed by atoms with Crippen molar-refractivity contribution in [3.8, 4) is 0 Å². The Balaban J connectivity index is 1.14. The maximum atomic E-state index is 14.1. The van der Waals surface area contributed by atoms with E-state index < -0.39 is 11.6 Å². The highest BCUT2D eigenvalue weighted by atomic mass is 32.1. The van der Waals surface area contributed by atoms with E-state index in [-0.39, 0.29) is 17.7 Å². The van der Waals surface area contributed by atoms with E-state index in [1.54, 1.807) is 0 Å². The molecule has 9 heteroatoms. The third kappa shape index (κ3) is 7.99. The molecule has 246 valence electrons. The van der Waals surface area contributed by atoms with Crippen LogP contribution in [0, 0.1) is 12.8 Å². The molecule has 1 unspecified atom stereocenters. The minimum absolute atomic E-state index is 0.173. The molecular formula is C37H48N4O4S. The number of thiophene rings is 1. The Bertz CT molecular complexity index is 1500. The van der Waals surface area contributed by atoms with Crippen molar-refractivity contribution in [1.82, 2.24) is 20.9 Å². The van der Waals surface area contributed by atoms with Gasteiger partial charge in [-0.15, -0.1) is 11.3 Å². The molecule has 3 heterocycles. The van der Waals surface area contributed by atoms with Gasteiger partial charge in [-0.25, -0.2) is 0 Å². The van der Waals surface area contributed by atoms with Gasteiger partial charge in [-0.2, -0.15) is 0 Å². The zero-order valence-corrected chi connectivity index (χ0v) is 27.8. The molecular weight excluding hydrogens is 596 g/mol. The first kappa shape index (κ1) is 32.7. The molecule has 2 saturated heterocycles. The lowest BCUT2D eigenvalue weighted by Gasteiger charge is -2.39. The molecule has 2 atom stereocenters. The van der Waals surface area contributed by atoms with E-state index in [4.69, 9.17) is 4.74 Å². The van der Waals surface area contributed by atoms with Gasteiger partial charge in [0.05, 0.1) is 4.88 Å². The summed E-state index contributed by atoms with van der Waals surface area (Å²) in [7, 11) is 0. The lowest BCUT2D eigenvalue weighted by atomic mass is 9.94. The fourth-order valence-electron chi connectivity index (χ4n) is 7.43. The number of nitrogens with zero attached hydrogens (tertiary/aromatic N) is 1. The number of nitrogens with one attached hydrogen (secondary N) is 3. The van der Waals surface area contributed by atoms with Crippen LogP contribution in [0.25, 0.3) is 10.1 Å². The van der Waals surface area contributed by atoms with Crippen LogP contribution >= 0.6 is 11.3 Å². The molecule has 3 fully saturated rings. The Morgan fingerprint density at radius 1 is 0.978 bits per heavy atom. The number of rotatable bonds is 11. The number of aryl methyl sites for hydroxylation is 1. The number of piperidine rings is 1. The summed E-state index contributed by atoms with van der Waals surface area (Å²) in [6.45, 7) is 6.39. The number of amides is 3. The van der Waals surface area contributed by atoms with E-state index in [1.807, 2.05) is 55.5 Å². The molecule has 2 aromatic carbocycles. The van der Waals surface area contributed by atoms with Gasteiger partial charge in [-0.3, -0.25) is 19.3 Å². The lowest BCUT2D eigenvalue weighted by molar-refractivity contribution is -0.132. The summed E-state index contributed by atoms with van der Waals surface area (Å²) >= 11 is 1.44. The van der Waals surface area contributed by atoms with Gasteiger partial charge in [0.15, 0.2) is 0 Å². The van der Waals surface area contributed by atoms with Crippen LogP contribution in [0.4, 0.5) is 0 Å². The number of likely N-dealkylation sites (tertiary alicyclic amines) is 1. The molecule has 3 aliphatic rings. The summed E-state index contributed by atoms with van der Waals surface area (Å²) in [4.78, 5) is 44.7. The predicted molar refractivity (Wildman–Crippen MR) is 183 cm³/mol. The van der Waals surface area contributed by atoms with Gasteiger partial charge in [0.1, 0.15) is 11.6 Å². The fourth-order valence-corrected chi connectivity index (χ4v) is 8.37. The Hall–Kier alpha value is -3.27. The number of hydrogen-bond acceptors (Lipinski definition) is 6. The summed E-state index contributed by atoms with van der Waals surface area (Å²) in [6.07, 6.45) is 8.79. The van der Waals surface area contributed by atoms with Crippen molar-refractivity contribution in [2.24, 2.45) is 5.92 Å². The summed E-state index contributed by atoms with van der Waals surface area (Å²) in [5.41, 5.74) is 1.08. The molecule has 0 radical (unpaired) electrons. The SMILES string of the molecule is Cc1ccc2sc(C(=O)NC3(C(=O)N[C@H](Cc4ccccc4)C(=O)NCC4CCCCN4CC4CCOCC4)CCCC3)cc2c1. The Labute approximate surface area is 276 Å². The van der Waals surface area contributed by atoms with Gasteiger partial charge in [0, 0.05) is 43.5 Å². The summed E-state index contributed by atoms with van der Waals surface area (Å²) < 4.78 is 6.62. The first-order chi connectivity index (χ1) is 22.4.